The van der Waals surface area contributed by atoms with E-state index >= 15 is 0 Å². The molecule has 3 N–H and O–H groups in total. The predicted octanol–water partition coefficient (Wildman–Crippen LogP) is 0.708. The second kappa shape index (κ2) is 3.33. The summed E-state index contributed by atoms with van der Waals surface area (Å²) < 4.78 is 0. The molecule has 0 aliphatic carbocycles. The Morgan fingerprint density at radius 3 is 2.57 bits per heavy atom. The molecule has 0 fully saturated rings. The van der Waals surface area contributed by atoms with Crippen LogP contribution in [0.1, 0.15) is 15.9 Å². The summed E-state index contributed by atoms with van der Waals surface area (Å²) in [4.78, 5) is 20.5. The summed E-state index contributed by atoms with van der Waals surface area (Å²) in [6.45, 7) is 1.46. The largest absolute Gasteiger partial charge is 0.502 e. The number of nitro benzene ring substituents is 1. The minimum atomic E-state index is -0.898. The summed E-state index contributed by atoms with van der Waals surface area (Å²) in [5, 5.41) is 19.9. The lowest BCUT2D eigenvalue weighted by Gasteiger charge is -2.03. The zero-order valence-corrected chi connectivity index (χ0v) is 7.35. The quantitative estimate of drug-likeness (QED) is 0.536. The van der Waals surface area contributed by atoms with Crippen molar-refractivity contribution in [3.05, 3.63) is 33.4 Å². The molecule has 1 rings (SSSR count). The molecule has 0 saturated heterocycles. The van der Waals surface area contributed by atoms with Crippen LogP contribution in [-0.4, -0.2) is 15.9 Å². The van der Waals surface area contributed by atoms with E-state index in [0.29, 0.717) is 0 Å². The van der Waals surface area contributed by atoms with Crippen molar-refractivity contribution < 1.29 is 14.8 Å². The molecule has 14 heavy (non-hydrogen) atoms. The first kappa shape index (κ1) is 9.97. The average Bonchev–Trinajstić information content (AvgIpc) is 2.02. The van der Waals surface area contributed by atoms with Gasteiger partial charge in [0.1, 0.15) is 0 Å². The summed E-state index contributed by atoms with van der Waals surface area (Å²) in [6.07, 6.45) is 0. The Bertz CT molecular complexity index is 414. The highest BCUT2D eigenvalue weighted by Crippen LogP contribution is 2.32. The van der Waals surface area contributed by atoms with Crippen molar-refractivity contribution in [2.45, 2.75) is 6.92 Å². The zero-order chi connectivity index (χ0) is 10.9. The molecule has 0 aromatic heterocycles. The van der Waals surface area contributed by atoms with E-state index < -0.39 is 22.3 Å². The number of nitro groups is 1. The van der Waals surface area contributed by atoms with Gasteiger partial charge in [-0.1, -0.05) is 6.07 Å². The molecule has 1 amide bonds. The molecule has 0 aliphatic rings. The van der Waals surface area contributed by atoms with Crippen LogP contribution in [0.4, 0.5) is 5.69 Å². The lowest BCUT2D eigenvalue weighted by atomic mass is 10.1. The van der Waals surface area contributed by atoms with Crippen LogP contribution in [0, 0.1) is 17.0 Å². The number of hydrogen-bond donors (Lipinski definition) is 2. The Balaban J connectivity index is 3.49. The van der Waals surface area contributed by atoms with E-state index in [1.165, 1.54) is 19.1 Å². The van der Waals surface area contributed by atoms with Crippen LogP contribution in [0.2, 0.25) is 0 Å². The number of benzene rings is 1. The van der Waals surface area contributed by atoms with Crippen molar-refractivity contribution in [3.8, 4) is 5.75 Å². The van der Waals surface area contributed by atoms with Crippen LogP contribution < -0.4 is 5.73 Å². The molecule has 0 saturated carbocycles. The zero-order valence-electron chi connectivity index (χ0n) is 7.35. The number of nitrogens with two attached hydrogens (primary N) is 1. The number of hydrogen-bond acceptors (Lipinski definition) is 4. The molecule has 6 heteroatoms. The van der Waals surface area contributed by atoms with Crippen LogP contribution in [-0.2, 0) is 0 Å². The lowest BCUT2D eigenvalue weighted by molar-refractivity contribution is -0.386. The van der Waals surface area contributed by atoms with Gasteiger partial charge in [0.25, 0.3) is 5.91 Å². The van der Waals surface area contributed by atoms with Gasteiger partial charge in [-0.3, -0.25) is 14.9 Å². The molecule has 0 spiro atoms. The number of carbonyl (C=O) groups is 1. The van der Waals surface area contributed by atoms with Gasteiger partial charge < -0.3 is 10.8 Å². The van der Waals surface area contributed by atoms with Crippen molar-refractivity contribution in [2.24, 2.45) is 5.73 Å². The summed E-state index contributed by atoms with van der Waals surface area (Å²) in [6, 6.07) is 2.61. The van der Waals surface area contributed by atoms with Gasteiger partial charge in [0.05, 0.1) is 10.5 Å². The minimum absolute atomic E-state index is 0.248. The molecule has 0 aliphatic heterocycles. The van der Waals surface area contributed by atoms with Gasteiger partial charge in [-0.2, -0.15) is 0 Å². The summed E-state index contributed by atoms with van der Waals surface area (Å²) >= 11 is 0. The van der Waals surface area contributed by atoms with Crippen molar-refractivity contribution in [1.82, 2.24) is 0 Å². The first-order valence-electron chi connectivity index (χ1n) is 3.72. The van der Waals surface area contributed by atoms with Gasteiger partial charge in [0, 0.05) is 5.56 Å². The molecule has 1 aromatic carbocycles. The second-order valence-electron chi connectivity index (χ2n) is 2.75. The summed E-state index contributed by atoms with van der Waals surface area (Å²) in [5.41, 5.74) is 4.45. The Labute approximate surface area is 79.1 Å². The minimum Gasteiger partial charge on any atom is -0.502 e. The lowest BCUT2D eigenvalue weighted by Crippen LogP contribution is -2.12. The van der Waals surface area contributed by atoms with Crippen LogP contribution in [0.15, 0.2) is 12.1 Å². The van der Waals surface area contributed by atoms with Gasteiger partial charge in [0.2, 0.25) is 5.75 Å². The highest BCUT2D eigenvalue weighted by molar-refractivity contribution is 5.97. The summed E-state index contributed by atoms with van der Waals surface area (Å²) in [5.74, 6) is -1.58. The van der Waals surface area contributed by atoms with Gasteiger partial charge in [-0.05, 0) is 13.0 Å². The van der Waals surface area contributed by atoms with E-state index in [4.69, 9.17) is 5.73 Å². The number of nitrogens with zero attached hydrogens (tertiary/aromatic N) is 1. The van der Waals surface area contributed by atoms with Crippen LogP contribution in [0.5, 0.6) is 5.75 Å². The molecule has 6 nitrogen and oxygen atoms in total. The van der Waals surface area contributed by atoms with Gasteiger partial charge >= 0.3 is 5.69 Å². The van der Waals surface area contributed by atoms with Crippen molar-refractivity contribution >= 4 is 11.6 Å². The van der Waals surface area contributed by atoms with E-state index in [9.17, 15) is 20.0 Å². The van der Waals surface area contributed by atoms with E-state index in [2.05, 4.69) is 0 Å². The Hall–Kier alpha value is -2.11. The molecule has 0 radical (unpaired) electrons. The normalized spacial score (nSPS) is 9.79. The smallest absolute Gasteiger partial charge is 0.314 e. The second-order valence-corrected chi connectivity index (χ2v) is 2.75. The maximum Gasteiger partial charge on any atom is 0.314 e. The number of aromatic hydroxyl groups is 1. The third kappa shape index (κ3) is 1.49. The third-order valence-electron chi connectivity index (χ3n) is 1.80. The van der Waals surface area contributed by atoms with Crippen molar-refractivity contribution in [2.75, 3.05) is 0 Å². The van der Waals surface area contributed by atoms with Crippen LogP contribution in [0.3, 0.4) is 0 Å². The highest BCUT2D eigenvalue weighted by atomic mass is 16.6. The fraction of sp³-hybridized carbons (Fsp3) is 0.125. The number of carbonyl (C=O) groups excluding carboxylic acids is 1. The Kier molecular flexibility index (Phi) is 2.37. The highest BCUT2D eigenvalue weighted by Gasteiger charge is 2.22. The SMILES string of the molecule is Cc1ccc(C(N)=O)c(O)c1[N+](=O)[O-]. The Morgan fingerprint density at radius 1 is 1.57 bits per heavy atom. The standard InChI is InChI=1S/C8H8N2O4/c1-4-2-3-5(8(9)12)7(11)6(4)10(13)14/h2-3,11H,1H3,(H2,9,12). The number of aryl methyl sites for hydroxylation is 1. The number of rotatable bonds is 2. The molecular weight excluding hydrogens is 188 g/mol. The number of amides is 1. The van der Waals surface area contributed by atoms with E-state index in [1.807, 2.05) is 0 Å². The average molecular weight is 196 g/mol. The molecule has 0 heterocycles. The van der Waals surface area contributed by atoms with Crippen LogP contribution >= 0.6 is 0 Å². The fourth-order valence-corrected chi connectivity index (χ4v) is 1.11. The molecule has 0 atom stereocenters. The fourth-order valence-electron chi connectivity index (χ4n) is 1.11. The van der Waals surface area contributed by atoms with Gasteiger partial charge in [-0.25, -0.2) is 0 Å². The molecule has 0 unspecified atom stereocenters. The molecule has 1 aromatic rings. The Morgan fingerprint density at radius 2 is 2.14 bits per heavy atom. The maximum atomic E-state index is 10.7. The van der Waals surface area contributed by atoms with Crippen molar-refractivity contribution in [1.29, 1.82) is 0 Å². The molecular formula is C8H8N2O4. The first-order chi connectivity index (χ1) is 6.45. The first-order valence-corrected chi connectivity index (χ1v) is 3.72. The topological polar surface area (TPSA) is 106 Å². The monoisotopic (exact) mass is 196 g/mol. The molecule has 0 bridgehead atoms. The van der Waals surface area contributed by atoms with Crippen LogP contribution in [0.25, 0.3) is 0 Å². The van der Waals surface area contributed by atoms with Crippen molar-refractivity contribution in [3.63, 3.8) is 0 Å². The predicted molar refractivity (Wildman–Crippen MR) is 48.0 cm³/mol. The molecule has 74 valence electrons. The van der Waals surface area contributed by atoms with E-state index in [1.54, 1.807) is 0 Å². The number of primary amides is 1. The van der Waals surface area contributed by atoms with E-state index in [-0.39, 0.29) is 11.1 Å². The number of phenols is 1. The van der Waals surface area contributed by atoms with Gasteiger partial charge in [-0.15, -0.1) is 0 Å². The third-order valence-corrected chi connectivity index (χ3v) is 1.80. The maximum absolute atomic E-state index is 10.7. The van der Waals surface area contributed by atoms with E-state index in [0.717, 1.165) is 0 Å². The van der Waals surface area contributed by atoms with Gasteiger partial charge in [0.15, 0.2) is 0 Å². The summed E-state index contributed by atoms with van der Waals surface area (Å²) in [7, 11) is 0.